The van der Waals surface area contributed by atoms with Crippen LogP contribution in [0.5, 0.6) is 0 Å². The van der Waals surface area contributed by atoms with Crippen LogP contribution in [0, 0.1) is 3.57 Å². The third-order valence-corrected chi connectivity index (χ3v) is 5.03. The van der Waals surface area contributed by atoms with Crippen molar-refractivity contribution in [1.29, 1.82) is 0 Å². The summed E-state index contributed by atoms with van der Waals surface area (Å²) in [6.45, 7) is 1.55. The third kappa shape index (κ3) is 4.49. The first kappa shape index (κ1) is 19.0. The monoisotopic (exact) mass is 474 g/mol. The zero-order chi connectivity index (χ0) is 18.7. The zero-order valence-corrected chi connectivity index (χ0v) is 16.1. The van der Waals surface area contributed by atoms with Gasteiger partial charge in [-0.25, -0.2) is 0 Å². The lowest BCUT2D eigenvalue weighted by Crippen LogP contribution is -2.30. The number of alkyl halides is 3. The van der Waals surface area contributed by atoms with E-state index in [2.05, 4.69) is 27.9 Å². The van der Waals surface area contributed by atoms with E-state index in [0.717, 1.165) is 48.1 Å². The van der Waals surface area contributed by atoms with E-state index in [1.54, 1.807) is 18.2 Å². The van der Waals surface area contributed by atoms with Gasteiger partial charge in [-0.3, -0.25) is 4.79 Å². The van der Waals surface area contributed by atoms with E-state index < -0.39 is 17.6 Å². The first-order valence-electron chi connectivity index (χ1n) is 8.38. The van der Waals surface area contributed by atoms with Crippen molar-refractivity contribution in [3.05, 3.63) is 57.2 Å². The molecule has 0 aliphatic carbocycles. The van der Waals surface area contributed by atoms with Crippen LogP contribution in [0.1, 0.15) is 35.2 Å². The highest BCUT2D eigenvalue weighted by atomic mass is 127. The summed E-state index contributed by atoms with van der Waals surface area (Å²) < 4.78 is 40.3. The highest BCUT2D eigenvalue weighted by Crippen LogP contribution is 2.36. The Bertz CT molecular complexity index is 802. The van der Waals surface area contributed by atoms with Crippen molar-refractivity contribution in [3.8, 4) is 0 Å². The fourth-order valence-electron chi connectivity index (χ4n) is 3.05. The van der Waals surface area contributed by atoms with Crippen LogP contribution in [0.25, 0.3) is 0 Å². The summed E-state index contributed by atoms with van der Waals surface area (Å²) in [6.07, 6.45) is -1.36. The number of nitrogens with one attached hydrogen (secondary N) is 1. The SMILES string of the molecule is O=C(Nc1cc(C(F)(F)F)ccc1N1CCCCC1)c1cccc(I)c1. The van der Waals surface area contributed by atoms with Gasteiger partial charge in [0.25, 0.3) is 5.91 Å². The number of hydrogen-bond acceptors (Lipinski definition) is 2. The summed E-state index contributed by atoms with van der Waals surface area (Å²) in [5, 5.41) is 2.68. The molecule has 2 aromatic rings. The van der Waals surface area contributed by atoms with Crippen molar-refractivity contribution < 1.29 is 18.0 Å². The Hall–Kier alpha value is -1.77. The predicted octanol–water partition coefficient (Wildman–Crippen LogP) is 5.55. The maximum Gasteiger partial charge on any atom is 0.416 e. The van der Waals surface area contributed by atoms with Crippen LogP contribution in [0.15, 0.2) is 42.5 Å². The quantitative estimate of drug-likeness (QED) is 0.592. The molecule has 0 aromatic heterocycles. The second kappa shape index (κ2) is 7.85. The molecule has 0 saturated carbocycles. The lowest BCUT2D eigenvalue weighted by Gasteiger charge is -2.31. The molecule has 3 nitrogen and oxygen atoms in total. The molecule has 138 valence electrons. The van der Waals surface area contributed by atoms with Gasteiger partial charge in [0.15, 0.2) is 0 Å². The van der Waals surface area contributed by atoms with E-state index >= 15 is 0 Å². The van der Waals surface area contributed by atoms with Gasteiger partial charge in [0.2, 0.25) is 0 Å². The molecule has 1 aliphatic rings. The van der Waals surface area contributed by atoms with Crippen LogP contribution >= 0.6 is 22.6 Å². The van der Waals surface area contributed by atoms with Crippen LogP contribution in [-0.4, -0.2) is 19.0 Å². The highest BCUT2D eigenvalue weighted by Gasteiger charge is 2.32. The Morgan fingerprint density at radius 3 is 2.42 bits per heavy atom. The fraction of sp³-hybridized carbons (Fsp3) is 0.316. The molecule has 1 N–H and O–H groups in total. The van der Waals surface area contributed by atoms with E-state index in [1.807, 2.05) is 11.0 Å². The van der Waals surface area contributed by atoms with Gasteiger partial charge in [0, 0.05) is 22.2 Å². The first-order valence-corrected chi connectivity index (χ1v) is 9.45. The summed E-state index contributed by atoms with van der Waals surface area (Å²) >= 11 is 2.09. The summed E-state index contributed by atoms with van der Waals surface area (Å²) in [4.78, 5) is 14.6. The van der Waals surface area contributed by atoms with Crippen molar-refractivity contribution in [3.63, 3.8) is 0 Å². The van der Waals surface area contributed by atoms with Crippen molar-refractivity contribution >= 4 is 39.9 Å². The van der Waals surface area contributed by atoms with Gasteiger partial charge >= 0.3 is 6.18 Å². The Kier molecular flexibility index (Phi) is 5.74. The van der Waals surface area contributed by atoms with Crippen molar-refractivity contribution in [2.75, 3.05) is 23.3 Å². The van der Waals surface area contributed by atoms with E-state index in [9.17, 15) is 18.0 Å². The molecular weight excluding hydrogens is 456 g/mol. The Morgan fingerprint density at radius 2 is 1.77 bits per heavy atom. The number of amides is 1. The van der Waals surface area contributed by atoms with Gasteiger partial charge in [-0.1, -0.05) is 6.07 Å². The summed E-state index contributed by atoms with van der Waals surface area (Å²) in [5.41, 5.74) is 0.484. The van der Waals surface area contributed by atoms with Crippen LogP contribution in [0.2, 0.25) is 0 Å². The van der Waals surface area contributed by atoms with E-state index in [1.165, 1.54) is 6.07 Å². The second-order valence-corrected chi connectivity index (χ2v) is 7.49. The van der Waals surface area contributed by atoms with Crippen LogP contribution in [-0.2, 0) is 6.18 Å². The molecule has 1 fully saturated rings. The number of carbonyl (C=O) groups is 1. The standard InChI is InChI=1S/C19H18F3IN2O/c20-19(21,22)14-7-8-17(25-9-2-1-3-10-25)16(12-14)24-18(26)13-5-4-6-15(23)11-13/h4-8,11-12H,1-3,9-10H2,(H,24,26). The van der Waals surface area contributed by atoms with Gasteiger partial charge in [-0.2, -0.15) is 13.2 Å². The summed E-state index contributed by atoms with van der Waals surface area (Å²) in [7, 11) is 0. The molecule has 0 spiro atoms. The number of benzene rings is 2. The largest absolute Gasteiger partial charge is 0.416 e. The number of piperidine rings is 1. The average molecular weight is 474 g/mol. The molecule has 7 heteroatoms. The van der Waals surface area contributed by atoms with Crippen molar-refractivity contribution in [2.45, 2.75) is 25.4 Å². The van der Waals surface area contributed by atoms with Crippen LogP contribution < -0.4 is 10.2 Å². The minimum Gasteiger partial charge on any atom is -0.370 e. The minimum atomic E-state index is -4.46. The first-order chi connectivity index (χ1) is 12.3. The number of halogens is 4. The summed E-state index contributed by atoms with van der Waals surface area (Å²) in [6, 6.07) is 10.5. The summed E-state index contributed by atoms with van der Waals surface area (Å²) in [5.74, 6) is -0.416. The number of anilines is 2. The third-order valence-electron chi connectivity index (χ3n) is 4.36. The molecule has 0 unspecified atom stereocenters. The van der Waals surface area contributed by atoms with E-state index in [-0.39, 0.29) is 5.69 Å². The predicted molar refractivity (Wildman–Crippen MR) is 105 cm³/mol. The Morgan fingerprint density at radius 1 is 1.04 bits per heavy atom. The molecule has 2 aromatic carbocycles. The van der Waals surface area contributed by atoms with Gasteiger partial charge in [-0.15, -0.1) is 0 Å². The van der Waals surface area contributed by atoms with Gasteiger partial charge in [-0.05, 0) is 78.3 Å². The minimum absolute atomic E-state index is 0.200. The molecule has 0 radical (unpaired) electrons. The van der Waals surface area contributed by atoms with Gasteiger partial charge in [0.05, 0.1) is 16.9 Å². The molecule has 1 saturated heterocycles. The molecule has 1 amide bonds. The molecule has 0 atom stereocenters. The van der Waals surface area contributed by atoms with Crippen LogP contribution in [0.4, 0.5) is 24.5 Å². The molecule has 0 bridgehead atoms. The number of nitrogens with zero attached hydrogens (tertiary/aromatic N) is 1. The van der Waals surface area contributed by atoms with Gasteiger partial charge < -0.3 is 10.2 Å². The number of rotatable bonds is 3. The van der Waals surface area contributed by atoms with Crippen LogP contribution in [0.3, 0.4) is 0 Å². The number of hydrogen-bond donors (Lipinski definition) is 1. The molecule has 1 aliphatic heterocycles. The maximum absolute atomic E-state index is 13.1. The molecule has 3 rings (SSSR count). The van der Waals surface area contributed by atoms with Crippen molar-refractivity contribution in [1.82, 2.24) is 0 Å². The topological polar surface area (TPSA) is 32.3 Å². The molecular formula is C19H18F3IN2O. The average Bonchev–Trinajstić information content (AvgIpc) is 2.61. The normalized spacial score (nSPS) is 15.0. The van der Waals surface area contributed by atoms with Crippen molar-refractivity contribution in [2.24, 2.45) is 0 Å². The maximum atomic E-state index is 13.1. The number of carbonyl (C=O) groups excluding carboxylic acids is 1. The highest BCUT2D eigenvalue weighted by molar-refractivity contribution is 14.1. The lowest BCUT2D eigenvalue weighted by atomic mass is 10.1. The Balaban J connectivity index is 1.94. The Labute approximate surface area is 163 Å². The molecule has 1 heterocycles. The molecule has 26 heavy (non-hydrogen) atoms. The van der Waals surface area contributed by atoms with E-state index in [4.69, 9.17) is 0 Å². The lowest BCUT2D eigenvalue weighted by molar-refractivity contribution is -0.137. The van der Waals surface area contributed by atoms with Gasteiger partial charge in [0.1, 0.15) is 0 Å². The fourth-order valence-corrected chi connectivity index (χ4v) is 3.59. The zero-order valence-electron chi connectivity index (χ0n) is 13.9. The second-order valence-electron chi connectivity index (χ2n) is 6.24. The smallest absolute Gasteiger partial charge is 0.370 e. The van der Waals surface area contributed by atoms with E-state index in [0.29, 0.717) is 11.3 Å².